The number of pyridine rings is 1. The van der Waals surface area contributed by atoms with Crippen molar-refractivity contribution in [3.05, 3.63) is 60.2 Å². The third-order valence-corrected chi connectivity index (χ3v) is 8.83. The van der Waals surface area contributed by atoms with Crippen LogP contribution in [0.25, 0.3) is 11.1 Å². The van der Waals surface area contributed by atoms with Crippen LogP contribution in [0.1, 0.15) is 12.1 Å². The van der Waals surface area contributed by atoms with Crippen molar-refractivity contribution in [2.45, 2.75) is 36.6 Å². The molecule has 1 aromatic carbocycles. The van der Waals surface area contributed by atoms with E-state index < -0.39 is 41.4 Å². The number of rotatable bonds is 6. The summed E-state index contributed by atoms with van der Waals surface area (Å²) < 4.78 is 37.4. The fraction of sp³-hybridized carbons (Fsp3) is 0.429. The van der Waals surface area contributed by atoms with Crippen LogP contribution in [0, 0.1) is 34.8 Å². The summed E-state index contributed by atoms with van der Waals surface area (Å²) in [5.41, 5.74) is -0.442. The van der Waals surface area contributed by atoms with Gasteiger partial charge in [-0.3, -0.25) is 14.7 Å². The Balaban J connectivity index is 0.00000329. The van der Waals surface area contributed by atoms with E-state index in [2.05, 4.69) is 26.7 Å². The lowest BCUT2D eigenvalue weighted by Gasteiger charge is -2.25. The third kappa shape index (κ3) is 4.77. The maximum Gasteiger partial charge on any atom is 0.414 e. The number of aromatic nitrogens is 4. The zero-order valence-electron chi connectivity index (χ0n) is 22.6. The Morgan fingerprint density at radius 3 is 2.53 bits per heavy atom. The summed E-state index contributed by atoms with van der Waals surface area (Å²) in [6.07, 6.45) is 3.01. The Morgan fingerprint density at radius 1 is 1.21 bits per heavy atom. The number of cyclic esters (lactones) is 1. The summed E-state index contributed by atoms with van der Waals surface area (Å²) in [6, 6.07) is 7.27. The zero-order valence-corrected chi connectivity index (χ0v) is 23.5. The number of anilines is 1. The second kappa shape index (κ2) is 10.8. The van der Waals surface area contributed by atoms with E-state index in [1.807, 2.05) is 0 Å². The van der Waals surface area contributed by atoms with Crippen LogP contribution in [0.5, 0.6) is 0 Å². The average molecular weight is 613 g/mol. The molecule has 2 amide bonds. The summed E-state index contributed by atoms with van der Waals surface area (Å²) in [7, 11) is 0. The van der Waals surface area contributed by atoms with Crippen molar-refractivity contribution in [3.8, 4) is 17.2 Å². The van der Waals surface area contributed by atoms with E-state index in [-0.39, 0.29) is 60.1 Å². The van der Waals surface area contributed by atoms with Crippen LogP contribution in [-0.2, 0) is 21.5 Å². The minimum absolute atomic E-state index is 0. The number of aliphatic hydroxyl groups is 1. The van der Waals surface area contributed by atoms with E-state index in [1.54, 1.807) is 17.2 Å². The molecule has 2 N–H and O–H groups in total. The zero-order chi connectivity index (χ0) is 29.2. The molecule has 3 aromatic rings. The first-order valence-electron chi connectivity index (χ1n) is 13.7. The fourth-order valence-electron chi connectivity index (χ4n) is 6.68. The molecule has 2 aromatic heterocycles. The maximum absolute atomic E-state index is 15.3. The van der Waals surface area contributed by atoms with E-state index in [9.17, 15) is 20.0 Å². The monoisotopic (exact) mass is 612 g/mol. The van der Waals surface area contributed by atoms with Gasteiger partial charge in [0.2, 0.25) is 5.91 Å². The Bertz CT molecular complexity index is 1570. The Labute approximate surface area is 250 Å². The Hall–Kier alpha value is -4.19. The van der Waals surface area contributed by atoms with Crippen molar-refractivity contribution in [1.82, 2.24) is 30.2 Å². The summed E-state index contributed by atoms with van der Waals surface area (Å²) in [6.45, 7) is 1.56. The molecule has 4 aliphatic rings. The topological polar surface area (TPSA) is 149 Å². The predicted molar refractivity (Wildman–Crippen MR) is 148 cm³/mol. The lowest BCUT2D eigenvalue weighted by Crippen LogP contribution is -2.44. The molecule has 2 unspecified atom stereocenters. The summed E-state index contributed by atoms with van der Waals surface area (Å²) in [5, 5.41) is 30.4. The van der Waals surface area contributed by atoms with Crippen LogP contribution >= 0.6 is 12.4 Å². The van der Waals surface area contributed by atoms with Crippen LogP contribution < -0.4 is 10.2 Å². The first kappa shape index (κ1) is 28.9. The van der Waals surface area contributed by atoms with E-state index in [4.69, 9.17) is 4.74 Å². The van der Waals surface area contributed by atoms with Gasteiger partial charge in [0, 0.05) is 49.4 Å². The van der Waals surface area contributed by atoms with Crippen molar-refractivity contribution in [3.63, 3.8) is 0 Å². The molecule has 0 bridgehead atoms. The van der Waals surface area contributed by atoms with Crippen molar-refractivity contribution in [1.29, 1.82) is 5.26 Å². The molecule has 1 aliphatic carbocycles. The maximum atomic E-state index is 15.3. The van der Waals surface area contributed by atoms with E-state index >= 15 is 8.78 Å². The van der Waals surface area contributed by atoms with Crippen LogP contribution in [0.2, 0.25) is 0 Å². The van der Waals surface area contributed by atoms with Gasteiger partial charge in [0.1, 0.15) is 23.2 Å². The molecule has 3 aliphatic heterocycles. The molecular weight excluding hydrogens is 586 g/mol. The van der Waals surface area contributed by atoms with Crippen molar-refractivity contribution < 1.29 is 28.2 Å². The van der Waals surface area contributed by atoms with Crippen LogP contribution in [0.3, 0.4) is 0 Å². The van der Waals surface area contributed by atoms with Crippen molar-refractivity contribution >= 4 is 30.1 Å². The molecule has 5 atom stereocenters. The van der Waals surface area contributed by atoms with Crippen molar-refractivity contribution in [2.75, 3.05) is 31.1 Å². The number of amides is 2. The molecule has 5 heterocycles. The molecule has 12 nitrogen and oxygen atoms in total. The number of hydrogen-bond donors (Lipinski definition) is 2. The number of likely N-dealkylation sites (tertiary alicyclic amines) is 1. The van der Waals surface area contributed by atoms with Gasteiger partial charge in [-0.05, 0) is 24.6 Å². The number of nitrogens with zero attached hydrogens (tertiary/aromatic N) is 7. The molecule has 3 saturated heterocycles. The quantitative estimate of drug-likeness (QED) is 0.424. The predicted octanol–water partition coefficient (Wildman–Crippen LogP) is 1.64. The molecule has 1 saturated carbocycles. The van der Waals surface area contributed by atoms with Crippen LogP contribution in [0.4, 0.5) is 19.3 Å². The molecule has 43 heavy (non-hydrogen) atoms. The van der Waals surface area contributed by atoms with E-state index in [1.165, 1.54) is 28.0 Å². The highest BCUT2D eigenvalue weighted by atomic mass is 35.5. The minimum Gasteiger partial charge on any atom is -0.442 e. The lowest BCUT2D eigenvalue weighted by molar-refractivity contribution is -0.132. The molecule has 4 fully saturated rings. The fourth-order valence-corrected chi connectivity index (χ4v) is 6.68. The van der Waals surface area contributed by atoms with Gasteiger partial charge in [0.25, 0.3) is 0 Å². The van der Waals surface area contributed by atoms with Crippen LogP contribution in [-0.4, -0.2) is 86.4 Å². The van der Waals surface area contributed by atoms with Gasteiger partial charge < -0.3 is 20.1 Å². The molecule has 0 radical (unpaired) electrons. The Morgan fingerprint density at radius 2 is 1.95 bits per heavy atom. The summed E-state index contributed by atoms with van der Waals surface area (Å²) >= 11 is 0. The van der Waals surface area contributed by atoms with Crippen LogP contribution in [0.15, 0.2) is 42.9 Å². The number of nitriles is 1. The summed E-state index contributed by atoms with van der Waals surface area (Å²) in [5.74, 6) is -1.98. The number of aliphatic hydroxyl groups excluding tert-OH is 1. The number of fused-ring (bicyclic) bond motifs is 1. The van der Waals surface area contributed by atoms with Gasteiger partial charge >= 0.3 is 6.09 Å². The number of nitrogens with one attached hydrogen (secondary N) is 1. The normalized spacial score (nSPS) is 29.2. The standard InChI is InChI=1S/C28H26F2N8O4.ClH/c29-21-5-16(38-11-18(42-27(38)41)10-37-4-3-34-35-37)6-22(30)25(21)15-1-2-24(33-8-15)28(14-31)19-12-36(13-20(19)28)26(40)23-7-17(39)9-32-23;/h1-6,8,17-20,23,32,39H,7,9-13H2;1H/t17-,18+,19?,20?,23+,28?;/m1./s1. The number of piperidine rings is 1. The smallest absolute Gasteiger partial charge is 0.414 e. The highest BCUT2D eigenvalue weighted by molar-refractivity contribution is 5.90. The van der Waals surface area contributed by atoms with Gasteiger partial charge in [-0.25, -0.2) is 18.3 Å². The number of carbonyl (C=O) groups is 2. The average Bonchev–Trinajstić information content (AvgIpc) is 3.62. The first-order chi connectivity index (χ1) is 20.3. The first-order valence-corrected chi connectivity index (χ1v) is 13.7. The van der Waals surface area contributed by atoms with Gasteiger partial charge in [-0.15, -0.1) is 17.5 Å². The number of benzene rings is 1. The largest absolute Gasteiger partial charge is 0.442 e. The number of carbonyl (C=O) groups excluding carboxylic acids is 2. The minimum atomic E-state index is -0.870. The molecule has 15 heteroatoms. The lowest BCUT2D eigenvalue weighted by atomic mass is 9.95. The number of ether oxygens (including phenoxy) is 1. The van der Waals surface area contributed by atoms with Gasteiger partial charge in [-0.1, -0.05) is 11.3 Å². The highest BCUT2D eigenvalue weighted by Crippen LogP contribution is 2.62. The summed E-state index contributed by atoms with van der Waals surface area (Å²) in [4.78, 5) is 32.6. The van der Waals surface area contributed by atoms with Gasteiger partial charge in [0.15, 0.2) is 0 Å². The number of β-amino-alcohol motifs (C(OH)–C–C–N with tert-alkyl or cyclic N) is 1. The molecular formula is C28H27ClF2N8O4. The highest BCUT2D eigenvalue weighted by Gasteiger charge is 2.71. The van der Waals surface area contributed by atoms with E-state index in [0.717, 1.165) is 12.1 Å². The molecule has 7 rings (SSSR count). The van der Waals surface area contributed by atoms with Gasteiger partial charge in [0.05, 0.1) is 54.4 Å². The third-order valence-electron chi connectivity index (χ3n) is 8.83. The molecule has 224 valence electrons. The number of hydrogen-bond acceptors (Lipinski definition) is 9. The van der Waals surface area contributed by atoms with Gasteiger partial charge in [-0.2, -0.15) is 5.26 Å². The second-order valence-corrected chi connectivity index (χ2v) is 11.2. The van der Waals surface area contributed by atoms with E-state index in [0.29, 0.717) is 31.7 Å². The van der Waals surface area contributed by atoms with Crippen molar-refractivity contribution in [2.24, 2.45) is 11.8 Å². The Kier molecular flexibility index (Phi) is 7.27. The number of halogens is 3. The second-order valence-electron chi connectivity index (χ2n) is 11.2. The molecule has 0 spiro atoms. The SMILES string of the molecule is Cl.N#CC1(c2ccc(-c3c(F)cc(N4C[C@H](Cn5ccnn5)OC4=O)cc3F)cn2)C2CN(C(=O)[C@@H]3C[C@@H](O)CN3)CC21.